The Morgan fingerprint density at radius 3 is 2.19 bits per heavy atom. The van der Waals surface area contributed by atoms with Crippen molar-refractivity contribution in [1.82, 2.24) is 10.2 Å². The Kier molecular flexibility index (Phi) is 9.44. The van der Waals surface area contributed by atoms with E-state index in [4.69, 9.17) is 14.2 Å². The molecule has 0 bridgehead atoms. The number of nitrogens with one attached hydrogen (secondary N) is 1. The molecule has 0 aliphatic carbocycles. The minimum atomic E-state index is -0.373. The summed E-state index contributed by atoms with van der Waals surface area (Å²) in [6.07, 6.45) is 0. The number of aliphatic hydroxyl groups is 1. The minimum absolute atomic E-state index is 0. The number of aliphatic hydroxyl groups excluding tert-OH is 1. The van der Waals surface area contributed by atoms with Gasteiger partial charge in [0.05, 0.1) is 14.2 Å². The molecular formula is C24H35ClN2O4. The lowest BCUT2D eigenvalue weighted by Crippen LogP contribution is -2.49. The molecule has 31 heavy (non-hydrogen) atoms. The van der Waals surface area contributed by atoms with E-state index in [0.29, 0.717) is 18.1 Å². The van der Waals surface area contributed by atoms with Crippen molar-refractivity contribution in [3.05, 3.63) is 53.6 Å². The van der Waals surface area contributed by atoms with Crippen LogP contribution in [0.4, 0.5) is 0 Å². The lowest BCUT2D eigenvalue weighted by atomic mass is 9.79. The number of hydrogen-bond donors (Lipinski definition) is 2. The maximum absolute atomic E-state index is 10.2. The number of hydrogen-bond acceptors (Lipinski definition) is 6. The average Bonchev–Trinajstić information content (AvgIpc) is 2.79. The molecule has 1 saturated heterocycles. The standard InChI is InChI=1S/C24H34N2O4.ClH/c1-24(2,17-27)23(26-12-10-25-11-13-26)19-14-21(28-3)22(29-4)15-20(19)30-16-18-8-6-5-7-9-18;/h5-9,14-15,23,25,27H,10-13,16-17H2,1-4H3;1H/t23-;/m0./s1. The smallest absolute Gasteiger partial charge is 0.164 e. The van der Waals surface area contributed by atoms with Crippen LogP contribution in [0.15, 0.2) is 42.5 Å². The van der Waals surface area contributed by atoms with Crippen molar-refractivity contribution < 1.29 is 19.3 Å². The summed E-state index contributed by atoms with van der Waals surface area (Å²) in [4.78, 5) is 2.42. The summed E-state index contributed by atoms with van der Waals surface area (Å²) in [5.74, 6) is 2.04. The third-order valence-electron chi connectivity index (χ3n) is 5.71. The van der Waals surface area contributed by atoms with E-state index in [1.165, 1.54) is 0 Å². The number of halogens is 1. The fraction of sp³-hybridized carbons (Fsp3) is 0.500. The van der Waals surface area contributed by atoms with Crippen molar-refractivity contribution in [2.45, 2.75) is 26.5 Å². The van der Waals surface area contributed by atoms with E-state index in [0.717, 1.165) is 43.1 Å². The summed E-state index contributed by atoms with van der Waals surface area (Å²) in [7, 11) is 3.27. The zero-order valence-corrected chi connectivity index (χ0v) is 19.7. The van der Waals surface area contributed by atoms with Crippen LogP contribution in [0.3, 0.4) is 0 Å². The van der Waals surface area contributed by atoms with Gasteiger partial charge in [-0.05, 0) is 11.6 Å². The van der Waals surface area contributed by atoms with Gasteiger partial charge in [-0.2, -0.15) is 0 Å². The van der Waals surface area contributed by atoms with Crippen molar-refractivity contribution in [2.24, 2.45) is 5.41 Å². The van der Waals surface area contributed by atoms with Crippen LogP contribution in [0.2, 0.25) is 0 Å². The Bertz CT molecular complexity index is 811. The number of ether oxygens (including phenoxy) is 3. The number of nitrogens with zero attached hydrogens (tertiary/aromatic N) is 1. The Morgan fingerprint density at radius 2 is 1.61 bits per heavy atom. The first-order chi connectivity index (χ1) is 14.5. The second-order valence-corrected chi connectivity index (χ2v) is 8.35. The molecule has 1 aliphatic rings. The number of rotatable bonds is 9. The van der Waals surface area contributed by atoms with Gasteiger partial charge < -0.3 is 24.6 Å². The quantitative estimate of drug-likeness (QED) is 0.607. The second-order valence-electron chi connectivity index (χ2n) is 8.35. The molecule has 0 unspecified atom stereocenters. The van der Waals surface area contributed by atoms with Crippen molar-refractivity contribution in [2.75, 3.05) is 47.0 Å². The third-order valence-corrected chi connectivity index (χ3v) is 5.71. The van der Waals surface area contributed by atoms with Crippen LogP contribution in [0.25, 0.3) is 0 Å². The van der Waals surface area contributed by atoms with E-state index in [1.54, 1.807) is 14.2 Å². The predicted molar refractivity (Wildman–Crippen MR) is 126 cm³/mol. The normalized spacial score (nSPS) is 15.6. The van der Waals surface area contributed by atoms with Crippen molar-refractivity contribution in [3.8, 4) is 17.2 Å². The molecule has 0 aromatic heterocycles. The Morgan fingerprint density at radius 1 is 1.00 bits per heavy atom. The molecule has 6 nitrogen and oxygen atoms in total. The number of piperazine rings is 1. The molecule has 172 valence electrons. The van der Waals surface area contributed by atoms with Crippen molar-refractivity contribution in [3.63, 3.8) is 0 Å². The highest BCUT2D eigenvalue weighted by Gasteiger charge is 2.38. The maximum Gasteiger partial charge on any atom is 0.164 e. The first-order valence-corrected chi connectivity index (χ1v) is 10.5. The zero-order valence-electron chi connectivity index (χ0n) is 18.9. The lowest BCUT2D eigenvalue weighted by molar-refractivity contribution is 0.0286. The van der Waals surface area contributed by atoms with Gasteiger partial charge in [0.1, 0.15) is 12.4 Å². The lowest BCUT2D eigenvalue weighted by Gasteiger charge is -2.44. The van der Waals surface area contributed by atoms with E-state index in [2.05, 4.69) is 24.1 Å². The molecule has 1 atom stereocenters. The molecule has 0 radical (unpaired) electrons. The molecule has 0 amide bonds. The number of benzene rings is 2. The van der Waals surface area contributed by atoms with Crippen molar-refractivity contribution in [1.29, 1.82) is 0 Å². The van der Waals surface area contributed by atoms with Crippen LogP contribution in [-0.2, 0) is 6.61 Å². The van der Waals surface area contributed by atoms with E-state index in [1.807, 2.05) is 42.5 Å². The summed E-state index contributed by atoms with van der Waals surface area (Å²) < 4.78 is 17.5. The summed E-state index contributed by atoms with van der Waals surface area (Å²) >= 11 is 0. The topological polar surface area (TPSA) is 63.2 Å². The van der Waals surface area contributed by atoms with Crippen LogP contribution in [0.1, 0.15) is 31.0 Å². The van der Waals surface area contributed by atoms with Crippen molar-refractivity contribution >= 4 is 12.4 Å². The van der Waals surface area contributed by atoms with Crippen LogP contribution < -0.4 is 19.5 Å². The molecule has 2 N–H and O–H groups in total. The van der Waals surface area contributed by atoms with E-state index in [-0.39, 0.29) is 30.5 Å². The Labute approximate surface area is 191 Å². The van der Waals surface area contributed by atoms with Crippen LogP contribution in [0, 0.1) is 5.41 Å². The largest absolute Gasteiger partial charge is 0.493 e. The Balaban J connectivity index is 0.00000341. The highest BCUT2D eigenvalue weighted by atomic mass is 35.5. The molecule has 3 rings (SSSR count). The summed E-state index contributed by atoms with van der Waals surface area (Å²) in [6, 6.07) is 14.0. The molecule has 0 spiro atoms. The molecule has 1 heterocycles. The highest BCUT2D eigenvalue weighted by molar-refractivity contribution is 5.85. The average molecular weight is 451 g/mol. The summed E-state index contributed by atoms with van der Waals surface area (Å²) in [6.45, 7) is 8.36. The van der Waals surface area contributed by atoms with Crippen LogP contribution in [-0.4, -0.2) is 57.0 Å². The van der Waals surface area contributed by atoms with E-state index in [9.17, 15) is 5.11 Å². The SMILES string of the molecule is COc1cc(OCc2ccccc2)c([C@H](N2CCNCC2)C(C)(C)CO)cc1OC.Cl. The fourth-order valence-corrected chi connectivity index (χ4v) is 4.09. The first-order valence-electron chi connectivity index (χ1n) is 10.5. The second kappa shape index (κ2) is 11.6. The first kappa shape index (κ1) is 25.3. The molecule has 1 fully saturated rings. The van der Waals surface area contributed by atoms with Gasteiger partial charge in [-0.1, -0.05) is 44.2 Å². The van der Waals surface area contributed by atoms with Crippen LogP contribution >= 0.6 is 12.4 Å². The third kappa shape index (κ3) is 6.04. The zero-order chi connectivity index (χ0) is 21.6. The summed E-state index contributed by atoms with van der Waals surface area (Å²) in [5.41, 5.74) is 1.73. The van der Waals surface area contributed by atoms with Gasteiger partial charge in [0.2, 0.25) is 0 Å². The van der Waals surface area contributed by atoms with Gasteiger partial charge in [0, 0.05) is 55.9 Å². The maximum atomic E-state index is 10.2. The van der Waals surface area contributed by atoms with E-state index < -0.39 is 0 Å². The highest BCUT2D eigenvalue weighted by Crippen LogP contribution is 2.46. The molecule has 1 aliphatic heterocycles. The van der Waals surface area contributed by atoms with Gasteiger partial charge in [-0.15, -0.1) is 12.4 Å². The van der Waals surface area contributed by atoms with Crippen LogP contribution in [0.5, 0.6) is 17.2 Å². The molecule has 2 aromatic rings. The molecular weight excluding hydrogens is 416 g/mol. The minimum Gasteiger partial charge on any atom is -0.493 e. The van der Waals surface area contributed by atoms with Gasteiger partial charge in [-0.25, -0.2) is 0 Å². The van der Waals surface area contributed by atoms with Gasteiger partial charge >= 0.3 is 0 Å². The molecule has 2 aromatic carbocycles. The summed E-state index contributed by atoms with van der Waals surface area (Å²) in [5, 5.41) is 13.7. The van der Waals surface area contributed by atoms with E-state index >= 15 is 0 Å². The fourth-order valence-electron chi connectivity index (χ4n) is 4.09. The monoisotopic (exact) mass is 450 g/mol. The van der Waals surface area contributed by atoms with Gasteiger partial charge in [0.15, 0.2) is 11.5 Å². The number of methoxy groups -OCH3 is 2. The Hall–Kier alpha value is -1.99. The molecule has 7 heteroatoms. The van der Waals surface area contributed by atoms with Gasteiger partial charge in [-0.3, -0.25) is 4.90 Å². The molecule has 0 saturated carbocycles. The van der Waals surface area contributed by atoms with Gasteiger partial charge in [0.25, 0.3) is 0 Å². The predicted octanol–water partition coefficient (Wildman–Crippen LogP) is 3.67.